The van der Waals surface area contributed by atoms with Crippen LogP contribution in [0.2, 0.25) is 0 Å². The molecular weight excluding hydrogens is 935 g/mol. The van der Waals surface area contributed by atoms with Crippen LogP contribution in [0.3, 0.4) is 0 Å². The quantitative estimate of drug-likeness (QED) is 0.0716. The molecule has 0 aliphatic heterocycles. The van der Waals surface area contributed by atoms with Crippen LogP contribution in [0.5, 0.6) is 17.2 Å². The van der Waals surface area contributed by atoms with E-state index in [2.05, 4.69) is 20.0 Å². The fourth-order valence-corrected chi connectivity index (χ4v) is 11.9. The molecule has 1 atom stereocenters. The van der Waals surface area contributed by atoms with Crippen LogP contribution >= 0.6 is 11.3 Å². The molecule has 19 nitrogen and oxygen atoms in total. The smallest absolute Gasteiger partial charge is 0.407 e. The Balaban J connectivity index is 1.51. The number of nitrogen functional groups attached to an aromatic ring is 1. The second-order valence-corrected chi connectivity index (χ2v) is 21.2. The van der Waals surface area contributed by atoms with E-state index in [-0.39, 0.29) is 41.7 Å². The van der Waals surface area contributed by atoms with Crippen molar-refractivity contribution >= 4 is 52.8 Å². The number of aliphatic hydroxyl groups is 1. The molecule has 2 heterocycles. The molecule has 7 aromatic rings. The highest BCUT2D eigenvalue weighted by atomic mass is 32.2. The Morgan fingerprint density at radius 3 is 1.88 bits per heavy atom. The van der Waals surface area contributed by atoms with E-state index >= 15 is 16.8 Å². The van der Waals surface area contributed by atoms with Crippen molar-refractivity contribution in [2.24, 2.45) is 0 Å². The molecule has 7 rings (SSSR count). The van der Waals surface area contributed by atoms with Crippen molar-refractivity contribution in [1.82, 2.24) is 39.1 Å². The Labute approximate surface area is 397 Å². The Bertz CT molecular complexity index is 3070. The summed E-state index contributed by atoms with van der Waals surface area (Å²) in [4.78, 5) is 17.7. The highest BCUT2D eigenvalue weighted by Crippen LogP contribution is 2.44. The average molecular weight is 986 g/mol. The Kier molecular flexibility index (Phi) is 14.7. The number of rotatable bonds is 19. The van der Waals surface area contributed by atoms with Gasteiger partial charge in [-0.2, -0.15) is 9.10 Å². The number of tetrazole rings is 1. The number of hydrogen-bond donors (Lipinski definition) is 4. The molecule has 2 aromatic heterocycles. The monoisotopic (exact) mass is 985 g/mol. The lowest BCUT2D eigenvalue weighted by atomic mass is 9.98. The molecule has 22 heteroatoms. The summed E-state index contributed by atoms with van der Waals surface area (Å²) >= 11 is 1.21. The maximum Gasteiger partial charge on any atom is 0.407 e. The molecule has 68 heavy (non-hydrogen) atoms. The van der Waals surface area contributed by atoms with Crippen molar-refractivity contribution in [3.63, 3.8) is 0 Å². The van der Waals surface area contributed by atoms with Crippen LogP contribution in [0, 0.1) is 0 Å². The zero-order valence-corrected chi connectivity index (χ0v) is 40.5. The van der Waals surface area contributed by atoms with Gasteiger partial charge in [-0.3, -0.25) is 0 Å². The molecule has 0 aliphatic carbocycles. The molecule has 1 amide bonds. The summed E-state index contributed by atoms with van der Waals surface area (Å²) in [6.45, 7) is 3.08. The van der Waals surface area contributed by atoms with Crippen molar-refractivity contribution in [3.8, 4) is 39.8 Å². The highest BCUT2D eigenvalue weighted by Gasteiger charge is 2.39. The van der Waals surface area contributed by atoms with E-state index in [1.807, 2.05) is 0 Å². The second-order valence-electron chi connectivity index (χ2n) is 16.5. The van der Waals surface area contributed by atoms with Crippen molar-refractivity contribution in [3.05, 3.63) is 120 Å². The van der Waals surface area contributed by atoms with Gasteiger partial charge in [0.15, 0.2) is 5.13 Å². The summed E-state index contributed by atoms with van der Waals surface area (Å²) in [5.74, 6) is 1.43. The fourth-order valence-electron chi connectivity index (χ4n) is 7.46. The zero-order valence-electron chi connectivity index (χ0n) is 38.0. The molecule has 358 valence electrons. The Morgan fingerprint density at radius 2 is 1.37 bits per heavy atom. The van der Waals surface area contributed by atoms with Crippen LogP contribution in [0.1, 0.15) is 37.5 Å². The third-order valence-electron chi connectivity index (χ3n) is 10.9. The molecule has 0 saturated heterocycles. The number of sulfonamides is 2. The molecule has 0 bridgehead atoms. The van der Waals surface area contributed by atoms with Gasteiger partial charge in [-0.1, -0.05) is 65.9 Å². The first kappa shape index (κ1) is 49.2. The first-order chi connectivity index (χ1) is 32.3. The first-order valence-corrected chi connectivity index (χ1v) is 24.7. The number of benzene rings is 5. The summed E-state index contributed by atoms with van der Waals surface area (Å²) in [5, 5.41) is 34.3. The van der Waals surface area contributed by atoms with Gasteiger partial charge in [-0.15, -0.1) is 10.2 Å². The van der Waals surface area contributed by atoms with Crippen LogP contribution in [-0.2, 0) is 39.7 Å². The number of thiazole rings is 1. The van der Waals surface area contributed by atoms with Crippen molar-refractivity contribution in [2.75, 3.05) is 40.2 Å². The minimum absolute atomic E-state index is 0.0826. The number of para-hydroxylation sites is 1. The van der Waals surface area contributed by atoms with Gasteiger partial charge in [0.25, 0.3) is 0 Å². The normalized spacial score (nSPS) is 12.6. The SMILES string of the molecule is COc1ccc(CN(Cc2ccc(OC)cc2)S(=O)(=O)c2c(S(=O)(=O)N[C@@H](CO)CN(C(=O)O)C(C)(C)C)ccc(-c3cccc4sc(N)nc34)c2-c2nnn(Cc3ccc(OC)cc3)n2)cc1. The van der Waals surface area contributed by atoms with E-state index in [9.17, 15) is 15.0 Å². The van der Waals surface area contributed by atoms with Gasteiger partial charge >= 0.3 is 6.09 Å². The zero-order chi connectivity index (χ0) is 49.0. The number of nitrogens with two attached hydrogens (primary N) is 1. The van der Waals surface area contributed by atoms with E-state index in [1.165, 1.54) is 36.4 Å². The average Bonchev–Trinajstić information content (AvgIpc) is 3.95. The van der Waals surface area contributed by atoms with E-state index in [1.54, 1.807) is 119 Å². The topological polar surface area (TPSA) is 255 Å². The van der Waals surface area contributed by atoms with Gasteiger partial charge < -0.3 is 35.1 Å². The third-order valence-corrected chi connectivity index (χ3v) is 15.3. The molecule has 0 saturated carbocycles. The van der Waals surface area contributed by atoms with E-state index in [0.717, 1.165) is 20.8 Å². The number of aliphatic hydroxyl groups excluding tert-OH is 1. The number of nitrogens with zero attached hydrogens (tertiary/aromatic N) is 7. The standard InChI is InChI=1S/C46H51N9O10S3/c1-46(2,3)54(45(57)58)27-32(28-56)51-67(59,60)39-23-22-36(37-8-7-9-38-41(37)48-44(47)66-38)40(43-49-52-55(50-43)26-31-14-20-35(65-6)21-15-31)42(39)68(61,62)53(24-29-10-16-33(63-4)17-11-29)25-30-12-18-34(64-5)19-13-30/h7-23,32,51,56H,24-28H2,1-6H3,(H2,47,48)(H,57,58)/t32-/m1/s1. The number of carboxylic acid groups (broad SMARTS) is 1. The summed E-state index contributed by atoms with van der Waals surface area (Å²) in [5.41, 5.74) is 7.76. The van der Waals surface area contributed by atoms with Crippen LogP contribution in [-0.4, -0.2) is 114 Å². The predicted molar refractivity (Wildman–Crippen MR) is 256 cm³/mol. The van der Waals surface area contributed by atoms with Crippen LogP contribution in [0.4, 0.5) is 9.93 Å². The number of anilines is 1. The van der Waals surface area contributed by atoms with Gasteiger partial charge in [0.2, 0.25) is 25.9 Å². The number of carbonyl (C=O) groups is 1. The van der Waals surface area contributed by atoms with E-state index in [4.69, 9.17) is 25.0 Å². The summed E-state index contributed by atoms with van der Waals surface area (Å²) in [7, 11) is -5.51. The van der Waals surface area contributed by atoms with Crippen molar-refractivity contribution in [1.29, 1.82) is 0 Å². The lowest BCUT2D eigenvalue weighted by Gasteiger charge is -2.35. The van der Waals surface area contributed by atoms with Crippen molar-refractivity contribution < 1.29 is 46.1 Å². The Morgan fingerprint density at radius 1 is 0.809 bits per heavy atom. The number of hydrogen-bond acceptors (Lipinski definition) is 15. The fraction of sp³-hybridized carbons (Fsp3) is 0.283. The minimum atomic E-state index is -5.05. The molecule has 0 aliphatic rings. The summed E-state index contributed by atoms with van der Waals surface area (Å²) in [6, 6.07) is 27.0. The highest BCUT2D eigenvalue weighted by molar-refractivity contribution is 7.92. The van der Waals surface area contributed by atoms with Gasteiger partial charge in [0.05, 0.1) is 56.3 Å². The van der Waals surface area contributed by atoms with E-state index < -0.39 is 60.7 Å². The predicted octanol–water partition coefficient (Wildman–Crippen LogP) is 6.08. The lowest BCUT2D eigenvalue weighted by Crippen LogP contribution is -2.53. The summed E-state index contributed by atoms with van der Waals surface area (Å²) in [6.07, 6.45) is -1.36. The Hall–Kier alpha value is -6.69. The molecule has 0 radical (unpaired) electrons. The molecule has 0 spiro atoms. The van der Waals surface area contributed by atoms with Gasteiger partial charge in [0.1, 0.15) is 27.0 Å². The maximum absolute atomic E-state index is 16.1. The van der Waals surface area contributed by atoms with Crippen molar-refractivity contribution in [2.45, 2.75) is 61.8 Å². The number of amides is 1. The van der Waals surface area contributed by atoms with Gasteiger partial charge in [0, 0.05) is 30.7 Å². The lowest BCUT2D eigenvalue weighted by molar-refractivity contribution is 0.0878. The van der Waals surface area contributed by atoms with Gasteiger partial charge in [-0.05, 0) is 96.8 Å². The van der Waals surface area contributed by atoms with Gasteiger partial charge in [-0.25, -0.2) is 31.3 Å². The molecule has 5 aromatic carbocycles. The molecular formula is C46H51N9O10S3. The number of nitrogens with one attached hydrogen (secondary N) is 1. The first-order valence-electron chi connectivity index (χ1n) is 21.0. The molecule has 0 fully saturated rings. The minimum Gasteiger partial charge on any atom is -0.497 e. The number of fused-ring (bicyclic) bond motifs is 1. The summed E-state index contributed by atoms with van der Waals surface area (Å²) < 4.78 is 82.7. The molecule has 0 unspecified atom stereocenters. The number of ether oxygens (including phenoxy) is 3. The van der Waals surface area contributed by atoms with Crippen LogP contribution < -0.4 is 24.7 Å². The number of methoxy groups -OCH3 is 3. The number of aromatic nitrogens is 5. The third kappa shape index (κ3) is 10.9. The van der Waals surface area contributed by atoms with Crippen LogP contribution in [0.25, 0.3) is 32.7 Å². The van der Waals surface area contributed by atoms with Crippen LogP contribution in [0.15, 0.2) is 113 Å². The maximum atomic E-state index is 16.1. The molecule has 5 N–H and O–H groups in total. The van der Waals surface area contributed by atoms with E-state index in [0.29, 0.717) is 44.2 Å². The largest absolute Gasteiger partial charge is 0.497 e. The second kappa shape index (κ2) is 20.3.